The van der Waals surface area contributed by atoms with Crippen LogP contribution in [-0.4, -0.2) is 35.6 Å². The van der Waals surface area contributed by atoms with E-state index in [4.69, 9.17) is 5.11 Å². The fraction of sp³-hybridized carbons (Fsp3) is 0.333. The van der Waals surface area contributed by atoms with Crippen LogP contribution in [0.25, 0.3) is 0 Å². The van der Waals surface area contributed by atoms with Gasteiger partial charge in [0, 0.05) is 5.69 Å². The maximum atomic E-state index is 13.1. The molecule has 0 unspecified atom stereocenters. The molecule has 1 rings (SSSR count). The number of hydrogen-bond donors (Lipinski definition) is 1. The number of amides is 1. The Labute approximate surface area is 115 Å². The van der Waals surface area contributed by atoms with Crippen molar-refractivity contribution in [3.05, 3.63) is 29.8 Å². The minimum atomic E-state index is -6.11. The summed E-state index contributed by atoms with van der Waals surface area (Å²) >= 11 is 0. The lowest BCUT2D eigenvalue weighted by Crippen LogP contribution is -2.53. The molecule has 116 valence electrons. The Morgan fingerprint density at radius 2 is 1.57 bits per heavy atom. The molecule has 1 amide bonds. The van der Waals surface area contributed by atoms with Crippen LogP contribution in [0.15, 0.2) is 24.3 Å². The van der Waals surface area contributed by atoms with Crippen molar-refractivity contribution in [1.82, 2.24) is 0 Å². The highest BCUT2D eigenvalue weighted by molar-refractivity contribution is 6.02. The Kier molecular flexibility index (Phi) is 4.55. The molecule has 0 aliphatic rings. The van der Waals surface area contributed by atoms with Crippen LogP contribution in [0.3, 0.4) is 0 Å². The van der Waals surface area contributed by atoms with Crippen molar-refractivity contribution in [3.63, 3.8) is 0 Å². The first-order valence-electron chi connectivity index (χ1n) is 5.52. The highest BCUT2D eigenvalue weighted by atomic mass is 19.4. The number of carboxylic acids is 1. The number of halogens is 5. The van der Waals surface area contributed by atoms with E-state index < -0.39 is 30.5 Å². The molecule has 1 N–H and O–H groups in total. The monoisotopic (exact) mass is 311 g/mol. The van der Waals surface area contributed by atoms with Crippen molar-refractivity contribution in [2.45, 2.75) is 19.0 Å². The van der Waals surface area contributed by atoms with Crippen molar-refractivity contribution >= 4 is 17.6 Å². The number of aliphatic carboxylic acids is 1. The van der Waals surface area contributed by atoms with Crippen LogP contribution in [-0.2, 0) is 9.59 Å². The van der Waals surface area contributed by atoms with Crippen LogP contribution in [0, 0.1) is 6.92 Å². The number of carbonyl (C=O) groups is 2. The maximum Gasteiger partial charge on any atom is 0.463 e. The topological polar surface area (TPSA) is 57.6 Å². The molecule has 0 aromatic heterocycles. The summed E-state index contributed by atoms with van der Waals surface area (Å²) < 4.78 is 62.8. The smallest absolute Gasteiger partial charge is 0.463 e. The second-order valence-electron chi connectivity index (χ2n) is 4.19. The summed E-state index contributed by atoms with van der Waals surface area (Å²) in [7, 11) is 0. The lowest BCUT2D eigenvalue weighted by atomic mass is 10.2. The summed E-state index contributed by atoms with van der Waals surface area (Å²) in [4.78, 5) is 21.9. The average molecular weight is 311 g/mol. The third-order valence-electron chi connectivity index (χ3n) is 2.51. The highest BCUT2D eigenvalue weighted by Crippen LogP contribution is 2.37. The number of carbonyl (C=O) groups excluding carboxylic acids is 1. The van der Waals surface area contributed by atoms with Crippen LogP contribution in [0.5, 0.6) is 0 Å². The van der Waals surface area contributed by atoms with Gasteiger partial charge >= 0.3 is 24.0 Å². The van der Waals surface area contributed by atoms with Crippen LogP contribution in [0.1, 0.15) is 5.56 Å². The van der Waals surface area contributed by atoms with Gasteiger partial charge in [-0.3, -0.25) is 14.5 Å². The largest absolute Gasteiger partial charge is 0.480 e. The van der Waals surface area contributed by atoms with Crippen molar-refractivity contribution in [2.75, 3.05) is 11.4 Å². The normalized spacial score (nSPS) is 12.1. The molecule has 1 aromatic carbocycles. The van der Waals surface area contributed by atoms with Crippen molar-refractivity contribution in [2.24, 2.45) is 0 Å². The van der Waals surface area contributed by atoms with E-state index in [1.807, 2.05) is 0 Å². The number of nitrogens with zero attached hydrogens (tertiary/aromatic N) is 1. The van der Waals surface area contributed by atoms with E-state index >= 15 is 0 Å². The molecule has 0 heterocycles. The number of alkyl halides is 5. The molecule has 21 heavy (non-hydrogen) atoms. The van der Waals surface area contributed by atoms with Gasteiger partial charge in [-0.1, -0.05) is 17.7 Å². The lowest BCUT2D eigenvalue weighted by molar-refractivity contribution is -0.268. The first-order valence-corrected chi connectivity index (χ1v) is 5.52. The minimum Gasteiger partial charge on any atom is -0.480 e. The van der Waals surface area contributed by atoms with Gasteiger partial charge in [0.1, 0.15) is 6.54 Å². The van der Waals surface area contributed by atoms with Crippen molar-refractivity contribution in [1.29, 1.82) is 0 Å². The molecule has 0 bridgehead atoms. The van der Waals surface area contributed by atoms with Crippen LogP contribution in [0.4, 0.5) is 27.6 Å². The first-order chi connectivity index (χ1) is 9.46. The van der Waals surface area contributed by atoms with Gasteiger partial charge < -0.3 is 5.11 Å². The van der Waals surface area contributed by atoms with E-state index in [0.29, 0.717) is 5.56 Å². The van der Waals surface area contributed by atoms with E-state index in [9.17, 15) is 31.5 Å². The van der Waals surface area contributed by atoms with E-state index in [0.717, 1.165) is 12.1 Å². The van der Waals surface area contributed by atoms with Gasteiger partial charge in [-0.2, -0.15) is 22.0 Å². The fourth-order valence-electron chi connectivity index (χ4n) is 1.43. The van der Waals surface area contributed by atoms with Crippen LogP contribution in [0.2, 0.25) is 0 Å². The zero-order valence-corrected chi connectivity index (χ0v) is 10.6. The Morgan fingerprint density at radius 1 is 1.10 bits per heavy atom. The summed E-state index contributed by atoms with van der Waals surface area (Å²) in [5.74, 6) is -10.0. The highest BCUT2D eigenvalue weighted by Gasteiger charge is 2.65. The molecule has 0 aliphatic heterocycles. The molecule has 0 saturated heterocycles. The first kappa shape index (κ1) is 16.9. The molecule has 0 spiro atoms. The lowest BCUT2D eigenvalue weighted by Gasteiger charge is -2.27. The predicted molar refractivity (Wildman–Crippen MR) is 62.2 cm³/mol. The maximum absolute atomic E-state index is 13.1. The van der Waals surface area contributed by atoms with Crippen molar-refractivity contribution in [3.8, 4) is 0 Å². The molecule has 0 saturated carbocycles. The number of hydrogen-bond acceptors (Lipinski definition) is 2. The third kappa shape index (κ3) is 3.67. The van der Waals surface area contributed by atoms with Crippen molar-refractivity contribution < 1.29 is 36.6 Å². The van der Waals surface area contributed by atoms with E-state index in [2.05, 4.69) is 0 Å². The summed E-state index contributed by atoms with van der Waals surface area (Å²) in [5, 5.41) is 8.60. The molecular weight excluding hydrogens is 301 g/mol. The number of rotatable bonds is 4. The number of carboxylic acid groups (broad SMARTS) is 1. The van der Waals surface area contributed by atoms with Gasteiger partial charge in [0.15, 0.2) is 0 Å². The Balaban J connectivity index is 3.23. The molecule has 0 atom stereocenters. The summed E-state index contributed by atoms with van der Waals surface area (Å²) in [5.41, 5.74) is 0.293. The van der Waals surface area contributed by atoms with Gasteiger partial charge in [-0.05, 0) is 19.1 Å². The molecule has 4 nitrogen and oxygen atoms in total. The zero-order chi connectivity index (χ0) is 16.4. The fourth-order valence-corrected chi connectivity index (χ4v) is 1.43. The predicted octanol–water partition coefficient (Wildman–Crippen LogP) is 2.61. The molecular formula is C12H10F5NO3. The Bertz CT molecular complexity index is 539. The third-order valence-corrected chi connectivity index (χ3v) is 2.51. The van der Waals surface area contributed by atoms with Crippen LogP contribution < -0.4 is 4.90 Å². The number of aryl methyl sites for hydroxylation is 1. The second-order valence-corrected chi connectivity index (χ2v) is 4.19. The molecule has 0 radical (unpaired) electrons. The molecule has 1 aromatic rings. The molecule has 0 aliphatic carbocycles. The number of anilines is 1. The summed E-state index contributed by atoms with van der Waals surface area (Å²) in [6, 6.07) is 4.87. The van der Waals surface area contributed by atoms with E-state index in [-0.39, 0.29) is 10.6 Å². The van der Waals surface area contributed by atoms with Gasteiger partial charge in [0.2, 0.25) is 0 Å². The quantitative estimate of drug-likeness (QED) is 0.870. The standard InChI is InChI=1S/C12H10F5NO3/c1-7-2-4-8(5-3-7)18(6-9(19)20)10(21)11(13,14)12(15,16)17/h2-5H,6H2,1H3,(H,19,20). The minimum absolute atomic E-state index is 0.116. The zero-order valence-electron chi connectivity index (χ0n) is 10.6. The summed E-state index contributed by atoms with van der Waals surface area (Å²) in [6.45, 7) is 0.311. The van der Waals surface area contributed by atoms with E-state index in [1.54, 1.807) is 6.92 Å². The Morgan fingerprint density at radius 3 is 1.95 bits per heavy atom. The summed E-state index contributed by atoms with van der Waals surface area (Å²) in [6.07, 6.45) is -6.11. The van der Waals surface area contributed by atoms with Gasteiger partial charge in [-0.15, -0.1) is 0 Å². The van der Waals surface area contributed by atoms with Crippen LogP contribution >= 0.6 is 0 Å². The second kappa shape index (κ2) is 5.66. The SMILES string of the molecule is Cc1ccc(N(CC(=O)O)C(=O)C(F)(F)C(F)(F)F)cc1. The van der Waals surface area contributed by atoms with E-state index in [1.165, 1.54) is 12.1 Å². The molecule has 0 fully saturated rings. The average Bonchev–Trinajstić information content (AvgIpc) is 2.34. The van der Waals surface area contributed by atoms with Gasteiger partial charge in [0.25, 0.3) is 0 Å². The Hall–Kier alpha value is -2.19. The van der Waals surface area contributed by atoms with Gasteiger partial charge in [0.05, 0.1) is 0 Å². The van der Waals surface area contributed by atoms with Gasteiger partial charge in [-0.25, -0.2) is 0 Å². The molecule has 9 heteroatoms. The number of benzene rings is 1.